The molecular weight excluding hydrogens is 659 g/mol. The molecule has 2 aromatic heterocycles. The van der Waals surface area contributed by atoms with Crippen LogP contribution in [0.5, 0.6) is 5.75 Å². The molecule has 1 atom stereocenters. The molecule has 0 amide bonds. The van der Waals surface area contributed by atoms with Gasteiger partial charge in [-0.25, -0.2) is 9.97 Å². The number of nitrogens with one attached hydrogen (secondary N) is 1. The van der Waals surface area contributed by atoms with Crippen LogP contribution in [0.4, 0.5) is 5.69 Å². The zero-order valence-corrected chi connectivity index (χ0v) is 30.8. The first-order valence-corrected chi connectivity index (χ1v) is 19.6. The van der Waals surface area contributed by atoms with E-state index >= 15 is 0 Å². The minimum Gasteiger partial charge on any atom is -0.611 e. The molecule has 0 unspecified atom stereocenters. The van der Waals surface area contributed by atoms with Gasteiger partial charge in [-0.3, -0.25) is 0 Å². The van der Waals surface area contributed by atoms with Crippen LogP contribution in [0.1, 0.15) is 61.8 Å². The summed E-state index contributed by atoms with van der Waals surface area (Å²) >= 11 is -1.21. The predicted octanol–water partition coefficient (Wildman–Crippen LogP) is 8.05. The second-order valence-corrected chi connectivity index (χ2v) is 15.1. The fraction of sp³-hybridized carbons (Fsp3) is 0.415. The van der Waals surface area contributed by atoms with E-state index in [-0.39, 0.29) is 0 Å². The Morgan fingerprint density at radius 1 is 1.02 bits per heavy atom. The van der Waals surface area contributed by atoms with Crippen molar-refractivity contribution in [1.82, 2.24) is 19.5 Å². The first-order valence-electron chi connectivity index (χ1n) is 18.3. The summed E-state index contributed by atoms with van der Waals surface area (Å²) in [5.74, 6) is 2.78. The lowest BCUT2D eigenvalue weighted by Gasteiger charge is -2.33. The number of rotatable bonds is 13. The molecule has 0 saturated carbocycles. The van der Waals surface area contributed by atoms with E-state index in [4.69, 9.17) is 19.2 Å². The highest BCUT2D eigenvalue weighted by Crippen LogP contribution is 2.36. The number of allylic oxidation sites excluding steroid dienone is 1. The fourth-order valence-corrected chi connectivity index (χ4v) is 8.46. The van der Waals surface area contributed by atoms with Gasteiger partial charge in [0.15, 0.2) is 10.6 Å². The van der Waals surface area contributed by atoms with Crippen LogP contribution in [0.25, 0.3) is 33.8 Å². The summed E-state index contributed by atoms with van der Waals surface area (Å²) in [4.78, 5) is 16.5. The van der Waals surface area contributed by atoms with E-state index in [1.54, 1.807) is 7.11 Å². The largest absolute Gasteiger partial charge is 0.611 e. The van der Waals surface area contributed by atoms with E-state index in [1.807, 2.05) is 43.6 Å². The van der Waals surface area contributed by atoms with Gasteiger partial charge in [0.1, 0.15) is 18.2 Å². The quantitative estimate of drug-likeness (QED) is 0.0977. The summed E-state index contributed by atoms with van der Waals surface area (Å²) < 4.78 is 32.3. The number of aryl methyl sites for hydroxylation is 2. The summed E-state index contributed by atoms with van der Waals surface area (Å²) in [6, 6.07) is 21.1. The van der Waals surface area contributed by atoms with E-state index in [9.17, 15) is 4.55 Å². The van der Waals surface area contributed by atoms with Gasteiger partial charge >= 0.3 is 0 Å². The Hall–Kier alpha value is -4.09. The smallest absolute Gasteiger partial charge is 0.155 e. The van der Waals surface area contributed by atoms with E-state index in [0.717, 1.165) is 115 Å². The highest BCUT2D eigenvalue weighted by molar-refractivity contribution is 7.90. The van der Waals surface area contributed by atoms with Gasteiger partial charge in [-0.1, -0.05) is 25.1 Å². The highest BCUT2D eigenvalue weighted by atomic mass is 32.2. The Kier molecular flexibility index (Phi) is 11.4. The molecule has 5 aromatic rings. The van der Waals surface area contributed by atoms with Gasteiger partial charge in [-0.2, -0.15) is 0 Å². The number of ether oxygens (including phenoxy) is 3. The number of H-pyrrole nitrogens is 1. The van der Waals surface area contributed by atoms with Crippen LogP contribution >= 0.6 is 0 Å². The Morgan fingerprint density at radius 2 is 1.84 bits per heavy atom. The van der Waals surface area contributed by atoms with Gasteiger partial charge in [-0.05, 0) is 121 Å². The summed E-state index contributed by atoms with van der Waals surface area (Å²) in [5.41, 5.74) is 9.69. The van der Waals surface area contributed by atoms with Crippen molar-refractivity contribution in [3.05, 3.63) is 89.8 Å². The molecule has 9 nitrogen and oxygen atoms in total. The number of fused-ring (bicyclic) bond motifs is 2. The molecule has 51 heavy (non-hydrogen) atoms. The molecule has 10 heteroatoms. The van der Waals surface area contributed by atoms with E-state index < -0.39 is 11.2 Å². The van der Waals surface area contributed by atoms with Crippen LogP contribution in [-0.4, -0.2) is 70.7 Å². The number of hydrogen-bond donors (Lipinski definition) is 1. The zero-order valence-electron chi connectivity index (χ0n) is 30.0. The number of anilines is 1. The van der Waals surface area contributed by atoms with Crippen molar-refractivity contribution in [2.75, 3.05) is 51.5 Å². The predicted molar refractivity (Wildman–Crippen MR) is 206 cm³/mol. The normalized spacial score (nSPS) is 17.1. The number of hydrogen-bond acceptors (Lipinski definition) is 7. The average Bonchev–Trinajstić information content (AvgIpc) is 3.73. The number of benzene rings is 3. The van der Waals surface area contributed by atoms with Crippen molar-refractivity contribution in [2.24, 2.45) is 5.92 Å². The molecule has 1 fully saturated rings. The third kappa shape index (κ3) is 8.36. The molecule has 3 aromatic carbocycles. The van der Waals surface area contributed by atoms with E-state index in [0.29, 0.717) is 24.9 Å². The Morgan fingerprint density at radius 3 is 2.65 bits per heavy atom. The molecular formula is C41H49N5O4S. The molecule has 0 bridgehead atoms. The Balaban J connectivity index is 1.19. The molecule has 0 radical (unpaired) electrons. The molecule has 0 aliphatic carbocycles. The topological polar surface area (TPSA) is 100 Å². The minimum absolute atomic E-state index is 0.441. The molecule has 1 N–H and O–H groups in total. The maximum atomic E-state index is 13.6. The van der Waals surface area contributed by atoms with Crippen molar-refractivity contribution >= 4 is 39.5 Å². The number of nitrogens with zero attached hydrogens (tertiary/aromatic N) is 4. The van der Waals surface area contributed by atoms with Gasteiger partial charge in [-0.15, -0.1) is 0 Å². The first kappa shape index (κ1) is 35.3. The van der Waals surface area contributed by atoms with Gasteiger partial charge in [0, 0.05) is 51.7 Å². The Bertz CT molecular complexity index is 1950. The van der Waals surface area contributed by atoms with Crippen molar-refractivity contribution in [3.63, 3.8) is 0 Å². The number of methoxy groups -OCH3 is 1. The Labute approximate surface area is 304 Å². The molecule has 2 aliphatic heterocycles. The molecule has 268 valence electrons. The number of aromatic nitrogens is 4. The van der Waals surface area contributed by atoms with Crippen molar-refractivity contribution in [1.29, 1.82) is 0 Å². The van der Waals surface area contributed by atoms with Crippen LogP contribution in [-0.2, 0) is 32.9 Å². The zero-order chi connectivity index (χ0) is 35.2. The summed E-state index contributed by atoms with van der Waals surface area (Å²) in [6.07, 6.45) is 9.34. The lowest BCUT2D eigenvalue weighted by Crippen LogP contribution is -2.34. The van der Waals surface area contributed by atoms with Crippen LogP contribution < -0.4 is 9.64 Å². The van der Waals surface area contributed by atoms with Gasteiger partial charge < -0.3 is 33.2 Å². The standard InChI is InChI=1S/C41H49N5O4S/c1-4-17-46-28-42-29(2)40(46)27-51(47)36-12-13-37-38(25-36)44-41(43-37)33-6-5-18-45(26-30-15-19-49-20-16-30)39-14-9-32(23-34(39)24-33)31-7-10-35(11-8-31)50-22-21-48-3/h7-14,23-25,28,30H,4-6,15-22,26-27H2,1-3H3,(H,43,44)/b33-24+/t51-/m0/s1. The monoisotopic (exact) mass is 707 g/mol. The average molecular weight is 708 g/mol. The van der Waals surface area contributed by atoms with Gasteiger partial charge in [0.25, 0.3) is 0 Å². The maximum absolute atomic E-state index is 13.6. The van der Waals surface area contributed by atoms with Crippen LogP contribution in [0.15, 0.2) is 71.9 Å². The molecule has 0 spiro atoms. The van der Waals surface area contributed by atoms with Gasteiger partial charge in [0.2, 0.25) is 0 Å². The second kappa shape index (κ2) is 16.5. The van der Waals surface area contributed by atoms with Crippen molar-refractivity contribution < 1.29 is 18.8 Å². The van der Waals surface area contributed by atoms with Crippen LogP contribution in [0.3, 0.4) is 0 Å². The second-order valence-electron chi connectivity index (χ2n) is 13.6. The summed E-state index contributed by atoms with van der Waals surface area (Å²) in [5, 5.41) is 0. The SMILES string of the molecule is CCCn1cnc(C)c1C[S@+]([O-])c1ccc2nc(/C3=C/c4cc(-c5ccc(OCCOC)cc5)ccc4N(CC4CCOCC4)CCC3)[nH]c2c1. The van der Waals surface area contributed by atoms with E-state index in [1.165, 1.54) is 16.8 Å². The molecule has 2 aliphatic rings. The van der Waals surface area contributed by atoms with E-state index in [2.05, 4.69) is 62.8 Å². The highest BCUT2D eigenvalue weighted by Gasteiger charge is 2.23. The molecule has 1 saturated heterocycles. The van der Waals surface area contributed by atoms with Crippen LogP contribution in [0.2, 0.25) is 0 Å². The maximum Gasteiger partial charge on any atom is 0.155 e. The van der Waals surface area contributed by atoms with Crippen molar-refractivity contribution in [2.45, 2.75) is 63.1 Å². The number of imidazole rings is 2. The number of aromatic amines is 1. The molecule has 4 heterocycles. The third-order valence-corrected chi connectivity index (χ3v) is 11.4. The van der Waals surface area contributed by atoms with Crippen LogP contribution in [0, 0.1) is 12.8 Å². The molecule has 7 rings (SSSR count). The summed E-state index contributed by atoms with van der Waals surface area (Å²) in [6.45, 7) is 9.82. The first-order chi connectivity index (χ1) is 25.0. The summed E-state index contributed by atoms with van der Waals surface area (Å²) in [7, 11) is 1.68. The minimum atomic E-state index is -1.21. The lowest BCUT2D eigenvalue weighted by atomic mass is 9.94. The lowest BCUT2D eigenvalue weighted by molar-refractivity contribution is 0.0682. The third-order valence-electron chi connectivity index (χ3n) is 10.0. The fourth-order valence-electron chi connectivity index (χ4n) is 7.20. The van der Waals surface area contributed by atoms with Gasteiger partial charge in [0.05, 0.1) is 35.4 Å². The van der Waals surface area contributed by atoms with Crippen molar-refractivity contribution in [3.8, 4) is 16.9 Å².